The molecule has 29 heavy (non-hydrogen) atoms. The Morgan fingerprint density at radius 2 is 1.83 bits per heavy atom. The molecule has 0 aromatic heterocycles. The van der Waals surface area contributed by atoms with Gasteiger partial charge in [0.25, 0.3) is 5.91 Å². The highest BCUT2D eigenvalue weighted by atomic mass is 32.2. The van der Waals surface area contributed by atoms with Crippen LogP contribution in [0.4, 0.5) is 5.69 Å². The molecular formula is C21H32N2O5S. The van der Waals surface area contributed by atoms with E-state index in [1.54, 1.807) is 32.9 Å². The molecule has 2 rings (SSSR count). The van der Waals surface area contributed by atoms with Crippen LogP contribution in [0.2, 0.25) is 0 Å². The van der Waals surface area contributed by atoms with E-state index in [9.17, 15) is 18.0 Å². The Morgan fingerprint density at radius 1 is 1.17 bits per heavy atom. The molecule has 0 unspecified atom stereocenters. The van der Waals surface area contributed by atoms with Gasteiger partial charge in [-0.1, -0.05) is 45.6 Å². The lowest BCUT2D eigenvalue weighted by Gasteiger charge is -2.20. The summed E-state index contributed by atoms with van der Waals surface area (Å²) in [6.45, 7) is 5.63. The lowest BCUT2D eigenvalue weighted by atomic mass is 10.0. The van der Waals surface area contributed by atoms with Crippen molar-refractivity contribution in [2.45, 2.75) is 64.2 Å². The molecule has 0 radical (unpaired) electrons. The summed E-state index contributed by atoms with van der Waals surface area (Å²) in [7, 11) is -3.63. The van der Waals surface area contributed by atoms with Crippen molar-refractivity contribution in [1.82, 2.24) is 4.31 Å². The quantitative estimate of drug-likeness (QED) is 0.581. The smallest absolute Gasteiger partial charge is 0.306 e. The minimum Gasteiger partial charge on any atom is -0.456 e. The number of nitrogens with zero attached hydrogens (tertiary/aromatic N) is 1. The SMILES string of the molecule is CCN(CC)S(=O)(=O)c1cc(NC(=O)COC(=O)CCC2CCCC2)ccc1C. The Balaban J connectivity index is 1.92. The molecular weight excluding hydrogens is 392 g/mol. The summed E-state index contributed by atoms with van der Waals surface area (Å²) < 4.78 is 32.0. The van der Waals surface area contributed by atoms with Crippen LogP contribution < -0.4 is 5.32 Å². The van der Waals surface area contributed by atoms with Crippen LogP contribution in [0.25, 0.3) is 0 Å². The summed E-state index contributed by atoms with van der Waals surface area (Å²) in [6, 6.07) is 4.73. The topological polar surface area (TPSA) is 92.8 Å². The molecule has 0 heterocycles. The predicted octanol–water partition coefficient (Wildman–Crippen LogP) is 3.48. The Kier molecular flexibility index (Phi) is 8.64. The van der Waals surface area contributed by atoms with Crippen LogP contribution in [0.1, 0.15) is 57.9 Å². The van der Waals surface area contributed by atoms with E-state index in [2.05, 4.69) is 5.32 Å². The molecule has 162 valence electrons. The number of carbonyl (C=O) groups excluding carboxylic acids is 2. The second-order valence-corrected chi connectivity index (χ2v) is 9.37. The maximum absolute atomic E-state index is 12.8. The Hall–Kier alpha value is -1.93. The van der Waals surface area contributed by atoms with Crippen LogP contribution in [-0.2, 0) is 24.3 Å². The number of esters is 1. The summed E-state index contributed by atoms with van der Waals surface area (Å²) in [5.74, 6) is -0.273. The number of rotatable bonds is 10. The van der Waals surface area contributed by atoms with E-state index in [-0.39, 0.29) is 17.5 Å². The highest BCUT2D eigenvalue weighted by Crippen LogP contribution is 2.28. The molecule has 8 heteroatoms. The first kappa shape index (κ1) is 23.3. The molecule has 1 aliphatic carbocycles. The van der Waals surface area contributed by atoms with E-state index in [0.717, 1.165) is 6.42 Å². The van der Waals surface area contributed by atoms with Gasteiger partial charge in [-0.15, -0.1) is 0 Å². The molecule has 0 bridgehead atoms. The average molecular weight is 425 g/mol. The van der Waals surface area contributed by atoms with E-state index in [1.807, 2.05) is 0 Å². The molecule has 1 amide bonds. The standard InChI is InChI=1S/C21H32N2O5S/c1-4-23(5-2)29(26,27)19-14-18(12-10-16(19)3)22-20(24)15-28-21(25)13-11-17-8-6-7-9-17/h10,12,14,17H,4-9,11,13,15H2,1-3H3,(H,22,24). The number of ether oxygens (including phenoxy) is 1. The zero-order valence-corrected chi connectivity index (χ0v) is 18.4. The second-order valence-electron chi connectivity index (χ2n) is 7.47. The highest BCUT2D eigenvalue weighted by molar-refractivity contribution is 7.89. The van der Waals surface area contributed by atoms with Crippen LogP contribution in [0.3, 0.4) is 0 Å². The molecule has 1 aromatic rings. The summed E-state index contributed by atoms with van der Waals surface area (Å²) in [6.07, 6.45) is 5.93. The van der Waals surface area contributed by atoms with Gasteiger partial charge in [-0.25, -0.2) is 8.42 Å². The van der Waals surface area contributed by atoms with Crippen LogP contribution in [0.5, 0.6) is 0 Å². The van der Waals surface area contributed by atoms with Gasteiger partial charge < -0.3 is 10.1 Å². The van der Waals surface area contributed by atoms with Crippen molar-refractivity contribution < 1.29 is 22.7 Å². The summed E-state index contributed by atoms with van der Waals surface area (Å²) in [5, 5.41) is 2.61. The van der Waals surface area contributed by atoms with Crippen LogP contribution in [-0.4, -0.2) is 44.3 Å². The van der Waals surface area contributed by atoms with Gasteiger partial charge in [0.15, 0.2) is 6.61 Å². The maximum atomic E-state index is 12.8. The van der Waals surface area contributed by atoms with Crippen molar-refractivity contribution in [2.75, 3.05) is 25.0 Å². The number of sulfonamides is 1. The number of benzene rings is 1. The minimum atomic E-state index is -3.63. The first-order chi connectivity index (χ1) is 13.8. The van der Waals surface area contributed by atoms with Crippen LogP contribution >= 0.6 is 0 Å². The first-order valence-corrected chi connectivity index (χ1v) is 11.8. The summed E-state index contributed by atoms with van der Waals surface area (Å²) in [5.41, 5.74) is 0.960. The number of hydrogen-bond acceptors (Lipinski definition) is 5. The van der Waals surface area contributed by atoms with E-state index >= 15 is 0 Å². The molecule has 1 fully saturated rings. The molecule has 0 saturated heterocycles. The molecule has 1 aliphatic rings. The number of hydrogen-bond donors (Lipinski definition) is 1. The van der Waals surface area contributed by atoms with Gasteiger partial charge in [0, 0.05) is 25.2 Å². The van der Waals surface area contributed by atoms with Crippen LogP contribution in [0.15, 0.2) is 23.1 Å². The zero-order valence-electron chi connectivity index (χ0n) is 17.6. The predicted molar refractivity (Wildman–Crippen MR) is 112 cm³/mol. The van der Waals surface area contributed by atoms with Crippen molar-refractivity contribution in [1.29, 1.82) is 0 Å². The summed E-state index contributed by atoms with van der Waals surface area (Å²) >= 11 is 0. The normalized spacial score (nSPS) is 14.9. The Labute approximate surface area is 173 Å². The Morgan fingerprint density at radius 3 is 2.45 bits per heavy atom. The Bertz CT molecular complexity index is 812. The van der Waals surface area contributed by atoms with Crippen molar-refractivity contribution in [2.24, 2.45) is 5.92 Å². The van der Waals surface area contributed by atoms with E-state index in [0.29, 0.717) is 36.7 Å². The first-order valence-electron chi connectivity index (χ1n) is 10.3. The van der Waals surface area contributed by atoms with Gasteiger partial charge in [0.2, 0.25) is 10.0 Å². The fourth-order valence-corrected chi connectivity index (χ4v) is 5.40. The average Bonchev–Trinajstić information content (AvgIpc) is 3.20. The maximum Gasteiger partial charge on any atom is 0.306 e. The fraction of sp³-hybridized carbons (Fsp3) is 0.619. The third-order valence-corrected chi connectivity index (χ3v) is 7.58. The number of amides is 1. The van der Waals surface area contributed by atoms with E-state index in [1.165, 1.54) is 36.1 Å². The van der Waals surface area contributed by atoms with Crippen molar-refractivity contribution in [3.05, 3.63) is 23.8 Å². The molecule has 0 aliphatic heterocycles. The third kappa shape index (κ3) is 6.54. The van der Waals surface area contributed by atoms with E-state index in [4.69, 9.17) is 4.74 Å². The lowest BCUT2D eigenvalue weighted by Crippen LogP contribution is -2.31. The van der Waals surface area contributed by atoms with Crippen LogP contribution in [0, 0.1) is 12.8 Å². The zero-order chi connectivity index (χ0) is 21.4. The largest absolute Gasteiger partial charge is 0.456 e. The van der Waals surface area contributed by atoms with Gasteiger partial charge in [-0.3, -0.25) is 9.59 Å². The third-order valence-electron chi connectivity index (χ3n) is 5.39. The highest BCUT2D eigenvalue weighted by Gasteiger charge is 2.24. The van der Waals surface area contributed by atoms with Crippen molar-refractivity contribution in [3.63, 3.8) is 0 Å². The molecule has 1 aromatic carbocycles. The number of nitrogens with one attached hydrogen (secondary N) is 1. The van der Waals surface area contributed by atoms with Gasteiger partial charge in [-0.2, -0.15) is 4.31 Å². The van der Waals surface area contributed by atoms with Gasteiger partial charge in [0.1, 0.15) is 0 Å². The van der Waals surface area contributed by atoms with Gasteiger partial charge in [-0.05, 0) is 37.0 Å². The fourth-order valence-electron chi connectivity index (χ4n) is 3.69. The minimum absolute atomic E-state index is 0.160. The van der Waals surface area contributed by atoms with Crippen molar-refractivity contribution in [3.8, 4) is 0 Å². The van der Waals surface area contributed by atoms with E-state index < -0.39 is 15.9 Å². The van der Waals surface area contributed by atoms with Crippen molar-refractivity contribution >= 4 is 27.6 Å². The molecule has 0 spiro atoms. The second kappa shape index (κ2) is 10.7. The van der Waals surface area contributed by atoms with Gasteiger partial charge >= 0.3 is 5.97 Å². The number of aryl methyl sites for hydroxylation is 1. The number of anilines is 1. The summed E-state index contributed by atoms with van der Waals surface area (Å²) in [4.78, 5) is 24.1. The van der Waals surface area contributed by atoms with Gasteiger partial charge in [0.05, 0.1) is 4.90 Å². The molecule has 1 N–H and O–H groups in total. The monoisotopic (exact) mass is 424 g/mol. The molecule has 1 saturated carbocycles. The lowest BCUT2D eigenvalue weighted by molar-refractivity contribution is -0.147. The molecule has 0 atom stereocenters. The molecule has 7 nitrogen and oxygen atoms in total. The number of carbonyl (C=O) groups is 2.